The molecule has 4 nitrogen and oxygen atoms in total. The summed E-state index contributed by atoms with van der Waals surface area (Å²) >= 11 is 0. The minimum Gasteiger partial charge on any atom is -0.389 e. The van der Waals surface area contributed by atoms with Gasteiger partial charge in [0, 0.05) is 6.04 Å². The number of nitrogens with one attached hydrogen (secondary N) is 2. The zero-order valence-electron chi connectivity index (χ0n) is 8.70. The average Bonchev–Trinajstić information content (AvgIpc) is 2.56. The van der Waals surface area contributed by atoms with Crippen molar-refractivity contribution in [1.29, 1.82) is 0 Å². The highest BCUT2D eigenvalue weighted by molar-refractivity contribution is 4.88. The van der Waals surface area contributed by atoms with Crippen LogP contribution >= 0.6 is 0 Å². The molecule has 2 aliphatic rings. The molecule has 0 aliphatic carbocycles. The molecule has 0 radical (unpaired) electrons. The molecule has 0 bridgehead atoms. The van der Waals surface area contributed by atoms with Crippen molar-refractivity contribution in [2.75, 3.05) is 26.3 Å². The highest BCUT2D eigenvalue weighted by Crippen LogP contribution is 2.14. The topological polar surface area (TPSA) is 53.5 Å². The molecule has 4 atom stereocenters. The summed E-state index contributed by atoms with van der Waals surface area (Å²) in [7, 11) is 0. The van der Waals surface area contributed by atoms with E-state index in [1.807, 2.05) is 0 Å². The minimum absolute atomic E-state index is 0.139. The van der Waals surface area contributed by atoms with E-state index in [1.165, 1.54) is 0 Å². The highest BCUT2D eigenvalue weighted by atomic mass is 16.5. The van der Waals surface area contributed by atoms with Gasteiger partial charge in [-0.1, -0.05) is 6.92 Å². The SMILES string of the molecule is CC1CNCCC1NC1COCC1O. The molecule has 0 spiro atoms. The summed E-state index contributed by atoms with van der Waals surface area (Å²) in [5.74, 6) is 0.636. The van der Waals surface area contributed by atoms with Crippen LogP contribution in [0.25, 0.3) is 0 Å². The summed E-state index contributed by atoms with van der Waals surface area (Å²) < 4.78 is 5.22. The fraction of sp³-hybridized carbons (Fsp3) is 1.00. The fourth-order valence-electron chi connectivity index (χ4n) is 2.24. The third kappa shape index (κ3) is 2.25. The number of piperidine rings is 1. The predicted octanol–water partition coefficient (Wildman–Crippen LogP) is -0.666. The number of aliphatic hydroxyl groups is 1. The van der Waals surface area contributed by atoms with Crippen molar-refractivity contribution in [3.05, 3.63) is 0 Å². The summed E-state index contributed by atoms with van der Waals surface area (Å²) in [6, 6.07) is 0.665. The number of hydrogen-bond donors (Lipinski definition) is 3. The lowest BCUT2D eigenvalue weighted by molar-refractivity contribution is 0.118. The summed E-state index contributed by atoms with van der Waals surface area (Å²) in [6.07, 6.45) is 0.821. The quantitative estimate of drug-likeness (QED) is 0.553. The van der Waals surface area contributed by atoms with E-state index in [4.69, 9.17) is 4.74 Å². The second kappa shape index (κ2) is 4.57. The Kier molecular flexibility index (Phi) is 3.38. The molecule has 0 aromatic heterocycles. The monoisotopic (exact) mass is 200 g/mol. The normalized spacial score (nSPS) is 44.1. The van der Waals surface area contributed by atoms with E-state index in [1.54, 1.807) is 0 Å². The van der Waals surface area contributed by atoms with Gasteiger partial charge >= 0.3 is 0 Å². The summed E-state index contributed by atoms with van der Waals surface area (Å²) in [5, 5.41) is 16.5. The Hall–Kier alpha value is -0.160. The summed E-state index contributed by atoms with van der Waals surface area (Å²) in [5.41, 5.74) is 0. The Labute approximate surface area is 85.0 Å². The fourth-order valence-corrected chi connectivity index (χ4v) is 2.24. The van der Waals surface area contributed by atoms with Crippen molar-refractivity contribution in [2.24, 2.45) is 5.92 Å². The maximum absolute atomic E-state index is 9.60. The van der Waals surface area contributed by atoms with Gasteiger partial charge in [0.05, 0.1) is 25.4 Å². The van der Waals surface area contributed by atoms with Crippen LogP contribution in [0.15, 0.2) is 0 Å². The van der Waals surface area contributed by atoms with Crippen LogP contribution < -0.4 is 10.6 Å². The van der Waals surface area contributed by atoms with Gasteiger partial charge in [-0.05, 0) is 25.4 Å². The van der Waals surface area contributed by atoms with Crippen molar-refractivity contribution in [2.45, 2.75) is 31.5 Å². The van der Waals surface area contributed by atoms with Gasteiger partial charge in [-0.3, -0.25) is 0 Å². The van der Waals surface area contributed by atoms with Gasteiger partial charge in [0.15, 0.2) is 0 Å². The van der Waals surface area contributed by atoms with Crippen LogP contribution in [0.1, 0.15) is 13.3 Å². The predicted molar refractivity (Wildman–Crippen MR) is 54.2 cm³/mol. The zero-order valence-corrected chi connectivity index (χ0v) is 8.70. The molecule has 4 unspecified atom stereocenters. The standard InChI is InChI=1S/C10H20N2O2/c1-7-4-11-3-2-8(7)12-9-5-14-6-10(9)13/h7-13H,2-6H2,1H3. The van der Waals surface area contributed by atoms with E-state index in [-0.39, 0.29) is 12.1 Å². The molecule has 82 valence electrons. The molecule has 2 saturated heterocycles. The van der Waals surface area contributed by atoms with E-state index in [2.05, 4.69) is 17.6 Å². The highest BCUT2D eigenvalue weighted by Gasteiger charge is 2.30. The molecular weight excluding hydrogens is 180 g/mol. The van der Waals surface area contributed by atoms with Gasteiger partial charge in [0.1, 0.15) is 0 Å². The first kappa shape index (κ1) is 10.4. The molecule has 2 fully saturated rings. The molecule has 0 amide bonds. The van der Waals surface area contributed by atoms with E-state index in [9.17, 15) is 5.11 Å². The van der Waals surface area contributed by atoms with Crippen LogP contribution in [0.5, 0.6) is 0 Å². The first-order valence-corrected chi connectivity index (χ1v) is 5.50. The van der Waals surface area contributed by atoms with Crippen molar-refractivity contribution in [3.63, 3.8) is 0 Å². The van der Waals surface area contributed by atoms with Crippen LogP contribution in [-0.2, 0) is 4.74 Å². The Bertz CT molecular complexity index is 189. The van der Waals surface area contributed by atoms with Gasteiger partial charge in [-0.25, -0.2) is 0 Å². The molecule has 2 rings (SSSR count). The number of aliphatic hydroxyl groups excluding tert-OH is 1. The summed E-state index contributed by atoms with van der Waals surface area (Å²) in [6.45, 7) is 5.52. The van der Waals surface area contributed by atoms with Crippen molar-refractivity contribution in [3.8, 4) is 0 Å². The number of rotatable bonds is 2. The third-order valence-corrected chi connectivity index (χ3v) is 3.26. The van der Waals surface area contributed by atoms with Gasteiger partial charge in [0.2, 0.25) is 0 Å². The van der Waals surface area contributed by atoms with Gasteiger partial charge in [-0.15, -0.1) is 0 Å². The minimum atomic E-state index is -0.322. The maximum Gasteiger partial charge on any atom is 0.0948 e. The Balaban J connectivity index is 1.83. The molecule has 0 aromatic rings. The van der Waals surface area contributed by atoms with Crippen molar-refractivity contribution < 1.29 is 9.84 Å². The smallest absolute Gasteiger partial charge is 0.0948 e. The largest absolute Gasteiger partial charge is 0.389 e. The van der Waals surface area contributed by atoms with Crippen molar-refractivity contribution >= 4 is 0 Å². The van der Waals surface area contributed by atoms with Crippen LogP contribution in [0.2, 0.25) is 0 Å². The molecule has 0 saturated carbocycles. The van der Waals surface area contributed by atoms with E-state index in [0.29, 0.717) is 25.2 Å². The van der Waals surface area contributed by atoms with E-state index >= 15 is 0 Å². The third-order valence-electron chi connectivity index (χ3n) is 3.26. The molecule has 0 aromatic carbocycles. The Morgan fingerprint density at radius 3 is 2.86 bits per heavy atom. The molecule has 2 aliphatic heterocycles. The van der Waals surface area contributed by atoms with Crippen LogP contribution in [0.4, 0.5) is 0 Å². The van der Waals surface area contributed by atoms with Crippen LogP contribution in [-0.4, -0.2) is 49.6 Å². The first-order valence-electron chi connectivity index (χ1n) is 5.50. The molecule has 14 heavy (non-hydrogen) atoms. The van der Waals surface area contributed by atoms with Gasteiger partial charge in [0.25, 0.3) is 0 Å². The van der Waals surface area contributed by atoms with E-state index in [0.717, 1.165) is 19.5 Å². The van der Waals surface area contributed by atoms with Gasteiger partial charge < -0.3 is 20.5 Å². The Morgan fingerprint density at radius 1 is 1.36 bits per heavy atom. The molecular formula is C10H20N2O2. The van der Waals surface area contributed by atoms with Gasteiger partial charge in [-0.2, -0.15) is 0 Å². The Morgan fingerprint density at radius 2 is 2.21 bits per heavy atom. The van der Waals surface area contributed by atoms with E-state index < -0.39 is 0 Å². The lowest BCUT2D eigenvalue weighted by atomic mass is 9.94. The lowest BCUT2D eigenvalue weighted by Gasteiger charge is -2.33. The maximum atomic E-state index is 9.60. The summed E-state index contributed by atoms with van der Waals surface area (Å²) in [4.78, 5) is 0. The van der Waals surface area contributed by atoms with Crippen LogP contribution in [0, 0.1) is 5.92 Å². The molecule has 4 heteroatoms. The van der Waals surface area contributed by atoms with Crippen LogP contribution in [0.3, 0.4) is 0 Å². The first-order chi connectivity index (χ1) is 6.77. The second-order valence-electron chi connectivity index (χ2n) is 4.45. The van der Waals surface area contributed by atoms with Crippen molar-refractivity contribution in [1.82, 2.24) is 10.6 Å². The zero-order chi connectivity index (χ0) is 9.97. The molecule has 2 heterocycles. The molecule has 3 N–H and O–H groups in total. The number of ether oxygens (including phenoxy) is 1. The average molecular weight is 200 g/mol. The lowest BCUT2D eigenvalue weighted by Crippen LogP contribution is -2.52. The number of hydrogen-bond acceptors (Lipinski definition) is 4. The second-order valence-corrected chi connectivity index (χ2v) is 4.45.